The first kappa shape index (κ1) is 27.8. The summed E-state index contributed by atoms with van der Waals surface area (Å²) in [6.45, 7) is 1.74. The molecule has 1 fully saturated rings. The summed E-state index contributed by atoms with van der Waals surface area (Å²) in [7, 11) is 1.28. The molecule has 2 aromatic carbocycles. The molecule has 3 rings (SSSR count). The van der Waals surface area contributed by atoms with E-state index in [0.717, 1.165) is 43.6 Å². The number of piperidine rings is 1. The average molecular weight is 523 g/mol. The zero-order valence-electron chi connectivity index (χ0n) is 20.2. The van der Waals surface area contributed by atoms with Crippen LogP contribution in [0.4, 0.5) is 23.7 Å². The van der Waals surface area contributed by atoms with Gasteiger partial charge < -0.3 is 30.7 Å². The third kappa shape index (κ3) is 8.98. The van der Waals surface area contributed by atoms with Crippen LogP contribution in [-0.4, -0.2) is 51.0 Å². The maximum atomic E-state index is 12.8. The Hall–Kier alpha value is -3.80. The van der Waals surface area contributed by atoms with E-state index in [1.807, 2.05) is 0 Å². The first-order chi connectivity index (χ1) is 17.6. The van der Waals surface area contributed by atoms with Crippen LogP contribution in [0.3, 0.4) is 0 Å². The van der Waals surface area contributed by atoms with Crippen LogP contribution in [0, 0.1) is 5.92 Å². The fraction of sp³-hybridized carbons (Fsp3) is 0.400. The van der Waals surface area contributed by atoms with Crippen LogP contribution in [0.25, 0.3) is 0 Å². The number of carbonyl (C=O) groups excluding carboxylic acids is 3. The minimum absolute atomic E-state index is 0.0647. The molecule has 12 heteroatoms. The van der Waals surface area contributed by atoms with Crippen molar-refractivity contribution in [1.82, 2.24) is 16.0 Å². The summed E-state index contributed by atoms with van der Waals surface area (Å²) in [6, 6.07) is 10.8. The van der Waals surface area contributed by atoms with Crippen molar-refractivity contribution >= 4 is 23.6 Å². The van der Waals surface area contributed by atoms with E-state index in [-0.39, 0.29) is 36.6 Å². The molecule has 200 valence electrons. The summed E-state index contributed by atoms with van der Waals surface area (Å²) in [5, 5.41) is 11.5. The largest absolute Gasteiger partial charge is 0.573 e. The Morgan fingerprint density at radius 1 is 1.03 bits per heavy atom. The zero-order chi connectivity index (χ0) is 26.8. The second-order valence-corrected chi connectivity index (χ2v) is 8.44. The molecule has 4 N–H and O–H groups in total. The summed E-state index contributed by atoms with van der Waals surface area (Å²) in [5.74, 6) is -1.01. The Balaban J connectivity index is 1.65. The van der Waals surface area contributed by atoms with Crippen molar-refractivity contribution in [1.29, 1.82) is 0 Å². The Kier molecular flexibility index (Phi) is 9.72. The number of alkyl halides is 3. The molecule has 0 aromatic heterocycles. The van der Waals surface area contributed by atoms with Gasteiger partial charge in [0, 0.05) is 17.8 Å². The van der Waals surface area contributed by atoms with Gasteiger partial charge in [-0.3, -0.25) is 9.59 Å². The van der Waals surface area contributed by atoms with Gasteiger partial charge in [-0.1, -0.05) is 12.1 Å². The maximum absolute atomic E-state index is 12.8. The highest BCUT2D eigenvalue weighted by Gasteiger charge is 2.31. The number of esters is 1. The molecule has 37 heavy (non-hydrogen) atoms. The number of carbonyl (C=O) groups is 3. The molecule has 0 aliphatic carbocycles. The number of nitrogens with one attached hydrogen (secondary N) is 4. The summed E-state index contributed by atoms with van der Waals surface area (Å²) >= 11 is 0. The van der Waals surface area contributed by atoms with Gasteiger partial charge in [0.1, 0.15) is 5.75 Å². The van der Waals surface area contributed by atoms with Crippen LogP contribution in [-0.2, 0) is 9.53 Å². The summed E-state index contributed by atoms with van der Waals surface area (Å²) in [4.78, 5) is 36.3. The molecule has 1 unspecified atom stereocenters. The molecule has 2 aromatic rings. The number of anilines is 1. The number of halogens is 3. The van der Waals surface area contributed by atoms with Crippen LogP contribution >= 0.6 is 0 Å². The van der Waals surface area contributed by atoms with E-state index >= 15 is 0 Å². The van der Waals surface area contributed by atoms with Gasteiger partial charge >= 0.3 is 18.4 Å². The van der Waals surface area contributed by atoms with Crippen molar-refractivity contribution in [3.63, 3.8) is 0 Å². The highest BCUT2D eigenvalue weighted by molar-refractivity contribution is 5.94. The Bertz CT molecular complexity index is 1060. The van der Waals surface area contributed by atoms with Crippen LogP contribution in [0.1, 0.15) is 41.2 Å². The van der Waals surface area contributed by atoms with Crippen molar-refractivity contribution in [2.24, 2.45) is 5.92 Å². The van der Waals surface area contributed by atoms with E-state index in [0.29, 0.717) is 11.3 Å². The topological polar surface area (TPSA) is 118 Å². The highest BCUT2D eigenvalue weighted by Crippen LogP contribution is 2.30. The number of ether oxygens (including phenoxy) is 2. The maximum Gasteiger partial charge on any atom is 0.573 e. The molecule has 0 spiro atoms. The molecular weight excluding hydrogens is 493 g/mol. The number of hydrogen-bond donors (Lipinski definition) is 4. The van der Waals surface area contributed by atoms with Crippen LogP contribution in [0.2, 0.25) is 0 Å². The van der Waals surface area contributed by atoms with Crippen molar-refractivity contribution < 1.29 is 37.0 Å². The minimum Gasteiger partial charge on any atom is -0.469 e. The number of benzene rings is 2. The number of rotatable bonds is 9. The molecule has 1 aliphatic heterocycles. The van der Waals surface area contributed by atoms with E-state index < -0.39 is 18.4 Å². The highest BCUT2D eigenvalue weighted by atomic mass is 19.4. The molecule has 3 amide bonds. The molecule has 1 heterocycles. The average Bonchev–Trinajstić information content (AvgIpc) is 2.88. The quantitative estimate of drug-likeness (QED) is 0.373. The molecule has 1 atom stereocenters. The number of methoxy groups -OCH3 is 1. The number of hydrogen-bond acceptors (Lipinski definition) is 6. The van der Waals surface area contributed by atoms with Gasteiger partial charge in [-0.05, 0) is 73.8 Å². The first-order valence-electron chi connectivity index (χ1n) is 11.7. The number of amides is 3. The van der Waals surface area contributed by atoms with Gasteiger partial charge in [-0.25, -0.2) is 4.79 Å². The standard InChI is InChI=1S/C25H29F3N4O5/c1-36-21(33)12-15-30-23(34)18-4-2-16(3-5-18)22(17-10-13-29-14-11-17)32-24(35)31-19-6-8-20(9-7-19)37-25(26,27)28/h2-9,17,22,29H,10-15H2,1H3,(H,30,34)(H2,31,32,35). The van der Waals surface area contributed by atoms with Gasteiger partial charge in [-0.15, -0.1) is 13.2 Å². The third-order valence-electron chi connectivity index (χ3n) is 5.86. The van der Waals surface area contributed by atoms with Crippen LogP contribution in [0.5, 0.6) is 5.75 Å². The summed E-state index contributed by atoms with van der Waals surface area (Å²) in [6.07, 6.45) is -3.09. The fourth-order valence-electron chi connectivity index (χ4n) is 4.02. The van der Waals surface area contributed by atoms with E-state index in [4.69, 9.17) is 0 Å². The van der Waals surface area contributed by atoms with E-state index in [1.165, 1.54) is 19.2 Å². The van der Waals surface area contributed by atoms with E-state index in [1.54, 1.807) is 24.3 Å². The molecule has 0 saturated carbocycles. The Morgan fingerprint density at radius 3 is 2.27 bits per heavy atom. The lowest BCUT2D eigenvalue weighted by molar-refractivity contribution is -0.274. The lowest BCUT2D eigenvalue weighted by Crippen LogP contribution is -2.40. The Morgan fingerprint density at radius 2 is 1.68 bits per heavy atom. The van der Waals surface area contributed by atoms with Gasteiger partial charge in [0.2, 0.25) is 0 Å². The normalized spacial score (nSPS) is 14.8. The van der Waals surface area contributed by atoms with Crippen molar-refractivity contribution in [2.75, 3.05) is 32.1 Å². The Labute approximate surface area is 212 Å². The summed E-state index contributed by atoms with van der Waals surface area (Å²) in [5.41, 5.74) is 1.51. The lowest BCUT2D eigenvalue weighted by Gasteiger charge is -2.32. The molecule has 0 radical (unpaired) electrons. The van der Waals surface area contributed by atoms with Gasteiger partial charge in [0.25, 0.3) is 5.91 Å². The predicted octanol–water partition coefficient (Wildman–Crippen LogP) is 3.74. The van der Waals surface area contributed by atoms with Crippen LogP contribution in [0.15, 0.2) is 48.5 Å². The van der Waals surface area contributed by atoms with Crippen molar-refractivity contribution in [3.05, 3.63) is 59.7 Å². The summed E-state index contributed by atoms with van der Waals surface area (Å²) < 4.78 is 45.5. The monoisotopic (exact) mass is 522 g/mol. The van der Waals surface area contributed by atoms with Crippen molar-refractivity contribution in [2.45, 2.75) is 31.7 Å². The smallest absolute Gasteiger partial charge is 0.469 e. The molecule has 1 saturated heterocycles. The molecule has 1 aliphatic rings. The molecule has 9 nitrogen and oxygen atoms in total. The zero-order valence-corrected chi connectivity index (χ0v) is 20.2. The SMILES string of the molecule is COC(=O)CCNC(=O)c1ccc(C(NC(=O)Nc2ccc(OC(F)(F)F)cc2)C2CCNCC2)cc1. The lowest BCUT2D eigenvalue weighted by atomic mass is 9.85. The fourth-order valence-corrected chi connectivity index (χ4v) is 4.02. The molecular formula is C25H29F3N4O5. The van der Waals surface area contributed by atoms with Gasteiger partial charge in [0.15, 0.2) is 0 Å². The number of urea groups is 1. The van der Waals surface area contributed by atoms with E-state index in [9.17, 15) is 27.6 Å². The minimum atomic E-state index is -4.80. The van der Waals surface area contributed by atoms with E-state index in [2.05, 4.69) is 30.7 Å². The second kappa shape index (κ2) is 12.9. The van der Waals surface area contributed by atoms with Gasteiger partial charge in [-0.2, -0.15) is 0 Å². The second-order valence-electron chi connectivity index (χ2n) is 8.44. The predicted molar refractivity (Wildman–Crippen MR) is 129 cm³/mol. The van der Waals surface area contributed by atoms with Crippen LogP contribution < -0.4 is 26.0 Å². The molecule has 0 bridgehead atoms. The van der Waals surface area contributed by atoms with Gasteiger partial charge in [0.05, 0.1) is 19.6 Å². The van der Waals surface area contributed by atoms with Crippen molar-refractivity contribution in [3.8, 4) is 5.75 Å². The first-order valence-corrected chi connectivity index (χ1v) is 11.7. The third-order valence-corrected chi connectivity index (χ3v) is 5.86.